The van der Waals surface area contributed by atoms with Crippen LogP contribution < -0.4 is 4.74 Å². The molecular weight excluding hydrogens is 287 g/mol. The fourth-order valence-electron chi connectivity index (χ4n) is 1.52. The molecule has 19 heavy (non-hydrogen) atoms. The third-order valence-corrected chi connectivity index (χ3v) is 3.00. The van der Waals surface area contributed by atoms with E-state index in [0.29, 0.717) is 35.3 Å². The summed E-state index contributed by atoms with van der Waals surface area (Å²) in [4.78, 5) is 1.87. The summed E-state index contributed by atoms with van der Waals surface area (Å²) in [7, 11) is 1.84. The quantitative estimate of drug-likeness (QED) is 0.841. The van der Waals surface area contributed by atoms with Gasteiger partial charge in [-0.05, 0) is 19.2 Å². The molecule has 6 heteroatoms. The minimum Gasteiger partial charge on any atom is -0.489 e. The predicted octanol–water partition coefficient (Wildman–Crippen LogP) is 2.58. The van der Waals surface area contributed by atoms with E-state index in [1.54, 1.807) is 18.2 Å². The van der Waals surface area contributed by atoms with Crippen LogP contribution in [0.4, 0.5) is 0 Å². The Morgan fingerprint density at radius 1 is 1.47 bits per heavy atom. The van der Waals surface area contributed by atoms with Crippen molar-refractivity contribution in [2.24, 2.45) is 0 Å². The van der Waals surface area contributed by atoms with Crippen molar-refractivity contribution in [3.8, 4) is 11.8 Å². The van der Waals surface area contributed by atoms with E-state index >= 15 is 0 Å². The van der Waals surface area contributed by atoms with Gasteiger partial charge in [-0.2, -0.15) is 5.26 Å². The van der Waals surface area contributed by atoms with Crippen LogP contribution in [0.2, 0.25) is 10.0 Å². The first kappa shape index (κ1) is 16.1. The van der Waals surface area contributed by atoms with Crippen molar-refractivity contribution < 1.29 is 9.84 Å². The van der Waals surface area contributed by atoms with Crippen LogP contribution >= 0.6 is 23.2 Å². The Morgan fingerprint density at radius 3 is 2.89 bits per heavy atom. The fourth-order valence-corrected chi connectivity index (χ4v) is 1.85. The molecule has 1 rings (SSSR count). The van der Waals surface area contributed by atoms with Crippen LogP contribution in [0, 0.1) is 11.3 Å². The first-order valence-electron chi connectivity index (χ1n) is 5.84. The first-order chi connectivity index (χ1) is 9.02. The van der Waals surface area contributed by atoms with E-state index in [1.807, 2.05) is 11.9 Å². The molecule has 0 radical (unpaired) electrons. The lowest BCUT2D eigenvalue weighted by Crippen LogP contribution is -2.33. The maximum atomic E-state index is 9.81. The Bertz CT molecular complexity index is 449. The van der Waals surface area contributed by atoms with Gasteiger partial charge < -0.3 is 14.7 Å². The van der Waals surface area contributed by atoms with Crippen molar-refractivity contribution in [2.45, 2.75) is 12.5 Å². The largest absolute Gasteiger partial charge is 0.489 e. The summed E-state index contributed by atoms with van der Waals surface area (Å²) in [5.41, 5.74) is 0. The zero-order valence-corrected chi connectivity index (χ0v) is 12.2. The first-order valence-corrected chi connectivity index (χ1v) is 6.60. The molecule has 0 aliphatic rings. The van der Waals surface area contributed by atoms with Crippen LogP contribution in [0.15, 0.2) is 18.2 Å². The van der Waals surface area contributed by atoms with Crippen molar-refractivity contribution in [2.75, 3.05) is 26.7 Å². The molecule has 1 unspecified atom stereocenters. The molecular formula is C13H16Cl2N2O2. The summed E-state index contributed by atoms with van der Waals surface area (Å²) < 4.78 is 5.43. The summed E-state index contributed by atoms with van der Waals surface area (Å²) in [5.74, 6) is 0.452. The highest BCUT2D eigenvalue weighted by atomic mass is 35.5. The number of aliphatic hydroxyl groups is 1. The minimum atomic E-state index is -0.654. The number of rotatable bonds is 7. The van der Waals surface area contributed by atoms with Crippen LogP contribution in [0.25, 0.3) is 0 Å². The lowest BCUT2D eigenvalue weighted by molar-refractivity contribution is 0.0770. The average Bonchev–Trinajstić information content (AvgIpc) is 2.37. The number of ether oxygens (including phenoxy) is 1. The standard InChI is InChI=1S/C13H16Cl2N2O2/c1-17(6-2-5-16)8-11(18)9-19-13-7-10(14)3-4-12(13)15/h3-4,7,11,18H,2,6,8-9H2,1H3. The highest BCUT2D eigenvalue weighted by Crippen LogP contribution is 2.27. The van der Waals surface area contributed by atoms with E-state index in [-0.39, 0.29) is 6.61 Å². The zero-order valence-electron chi connectivity index (χ0n) is 10.6. The highest BCUT2D eigenvalue weighted by Gasteiger charge is 2.10. The van der Waals surface area contributed by atoms with Crippen LogP contribution in [0.1, 0.15) is 6.42 Å². The molecule has 1 N–H and O–H groups in total. The Hall–Kier alpha value is -0.990. The number of nitrogens with zero attached hydrogens (tertiary/aromatic N) is 2. The molecule has 0 saturated carbocycles. The minimum absolute atomic E-state index is 0.122. The van der Waals surface area contributed by atoms with Gasteiger partial charge in [-0.25, -0.2) is 0 Å². The van der Waals surface area contributed by atoms with Gasteiger partial charge in [0.15, 0.2) is 0 Å². The van der Waals surface area contributed by atoms with Crippen molar-refractivity contribution in [1.29, 1.82) is 5.26 Å². The van der Waals surface area contributed by atoms with Crippen LogP contribution in [0.3, 0.4) is 0 Å². The molecule has 1 aromatic rings. The van der Waals surface area contributed by atoms with Gasteiger partial charge in [0.2, 0.25) is 0 Å². The molecule has 0 fully saturated rings. The summed E-state index contributed by atoms with van der Waals surface area (Å²) in [6, 6.07) is 6.98. The van der Waals surface area contributed by atoms with Gasteiger partial charge in [0.1, 0.15) is 18.5 Å². The zero-order chi connectivity index (χ0) is 14.3. The monoisotopic (exact) mass is 302 g/mol. The van der Waals surface area contributed by atoms with Gasteiger partial charge in [0.25, 0.3) is 0 Å². The molecule has 1 atom stereocenters. The molecule has 0 aromatic heterocycles. The topological polar surface area (TPSA) is 56.5 Å². The molecule has 0 aliphatic carbocycles. The predicted molar refractivity (Wildman–Crippen MR) is 75.7 cm³/mol. The number of halogens is 2. The van der Waals surface area contributed by atoms with Gasteiger partial charge in [0.05, 0.1) is 11.1 Å². The summed E-state index contributed by atoms with van der Waals surface area (Å²) in [6.45, 7) is 1.17. The fraction of sp³-hybridized carbons (Fsp3) is 0.462. The van der Waals surface area contributed by atoms with E-state index in [9.17, 15) is 5.11 Å². The normalized spacial score (nSPS) is 12.2. The van der Waals surface area contributed by atoms with Gasteiger partial charge in [0, 0.05) is 30.6 Å². The van der Waals surface area contributed by atoms with Crippen molar-refractivity contribution >= 4 is 23.2 Å². The molecule has 0 bridgehead atoms. The maximum absolute atomic E-state index is 9.81. The number of hydrogen-bond donors (Lipinski definition) is 1. The molecule has 0 spiro atoms. The number of benzene rings is 1. The Kier molecular flexibility index (Phi) is 6.96. The van der Waals surface area contributed by atoms with Crippen LogP contribution in [0.5, 0.6) is 5.75 Å². The van der Waals surface area contributed by atoms with Gasteiger partial charge >= 0.3 is 0 Å². The maximum Gasteiger partial charge on any atom is 0.139 e. The molecule has 104 valence electrons. The average molecular weight is 303 g/mol. The molecule has 1 aromatic carbocycles. The van der Waals surface area contributed by atoms with Gasteiger partial charge in [-0.1, -0.05) is 23.2 Å². The molecule has 4 nitrogen and oxygen atoms in total. The SMILES string of the molecule is CN(CCC#N)CC(O)COc1cc(Cl)ccc1Cl. The van der Waals surface area contributed by atoms with Crippen molar-refractivity contribution in [3.63, 3.8) is 0 Å². The van der Waals surface area contributed by atoms with E-state index in [2.05, 4.69) is 6.07 Å². The van der Waals surface area contributed by atoms with Crippen molar-refractivity contribution in [3.05, 3.63) is 28.2 Å². The Morgan fingerprint density at radius 2 is 2.21 bits per heavy atom. The van der Waals surface area contributed by atoms with Gasteiger partial charge in [-0.15, -0.1) is 0 Å². The third kappa shape index (κ3) is 6.13. The lowest BCUT2D eigenvalue weighted by atomic mass is 10.3. The highest BCUT2D eigenvalue weighted by molar-refractivity contribution is 6.34. The van der Waals surface area contributed by atoms with E-state index < -0.39 is 6.10 Å². The van der Waals surface area contributed by atoms with Gasteiger partial charge in [-0.3, -0.25) is 0 Å². The number of likely N-dealkylation sites (N-methyl/N-ethyl adjacent to an activating group) is 1. The van der Waals surface area contributed by atoms with E-state index in [0.717, 1.165) is 0 Å². The number of hydrogen-bond acceptors (Lipinski definition) is 4. The Balaban J connectivity index is 2.39. The lowest BCUT2D eigenvalue weighted by Gasteiger charge is -2.19. The molecule has 0 amide bonds. The second-order valence-electron chi connectivity index (χ2n) is 4.21. The van der Waals surface area contributed by atoms with E-state index in [1.165, 1.54) is 0 Å². The third-order valence-electron chi connectivity index (χ3n) is 2.45. The summed E-state index contributed by atoms with van der Waals surface area (Å²) >= 11 is 11.8. The number of aliphatic hydroxyl groups excluding tert-OH is 1. The molecule has 0 saturated heterocycles. The Labute approximate surface area is 123 Å². The van der Waals surface area contributed by atoms with Crippen LogP contribution in [-0.2, 0) is 0 Å². The smallest absolute Gasteiger partial charge is 0.139 e. The van der Waals surface area contributed by atoms with Crippen LogP contribution in [-0.4, -0.2) is 42.9 Å². The summed E-state index contributed by atoms with van der Waals surface area (Å²) in [6.07, 6.45) is -0.219. The summed E-state index contributed by atoms with van der Waals surface area (Å²) in [5, 5.41) is 19.3. The second-order valence-corrected chi connectivity index (χ2v) is 5.05. The van der Waals surface area contributed by atoms with Crippen molar-refractivity contribution in [1.82, 2.24) is 4.90 Å². The molecule has 0 aliphatic heterocycles. The molecule has 0 heterocycles. The second kappa shape index (κ2) is 8.23. The number of nitriles is 1. The van der Waals surface area contributed by atoms with E-state index in [4.69, 9.17) is 33.2 Å².